The number of benzene rings is 1. The maximum Gasteiger partial charge on any atom is 0.222 e. The molecule has 1 saturated heterocycles. The summed E-state index contributed by atoms with van der Waals surface area (Å²) in [6.45, 7) is 0.716. The topological polar surface area (TPSA) is 70.0 Å². The van der Waals surface area contributed by atoms with Crippen molar-refractivity contribution in [1.29, 1.82) is 0 Å². The highest BCUT2D eigenvalue weighted by Crippen LogP contribution is 2.13. The monoisotopic (exact) mass is 283 g/mol. The van der Waals surface area contributed by atoms with Gasteiger partial charge in [0.25, 0.3) is 0 Å². The van der Waals surface area contributed by atoms with Crippen LogP contribution in [0.25, 0.3) is 0 Å². The van der Waals surface area contributed by atoms with Gasteiger partial charge in [0.1, 0.15) is 11.6 Å². The third-order valence-corrected chi connectivity index (χ3v) is 3.23. The molecule has 1 aromatic rings. The van der Waals surface area contributed by atoms with E-state index >= 15 is 0 Å². The summed E-state index contributed by atoms with van der Waals surface area (Å²) in [4.78, 5) is 13.2. The summed E-state index contributed by atoms with van der Waals surface area (Å²) in [7, 11) is 0. The molecule has 1 aliphatic heterocycles. The lowest BCUT2D eigenvalue weighted by Crippen LogP contribution is -2.29. The van der Waals surface area contributed by atoms with Crippen LogP contribution in [-0.4, -0.2) is 52.9 Å². The first kappa shape index (κ1) is 14.7. The van der Waals surface area contributed by atoms with Crippen LogP contribution in [0.3, 0.4) is 0 Å². The lowest BCUT2D eigenvalue weighted by molar-refractivity contribution is -0.130. The maximum absolute atomic E-state index is 12.7. The standard InChI is InChI=1S/C14H18FNO4/c15-10-3-5-11(6-4-10)20-7-1-2-14(19)16-8-12(17)13(18)9-16/h3-6,12-13,17-18H,1-2,7-9H2/t12-,13+. The van der Waals surface area contributed by atoms with E-state index in [1.54, 1.807) is 0 Å². The zero-order valence-electron chi connectivity index (χ0n) is 11.0. The third kappa shape index (κ3) is 3.91. The second-order valence-corrected chi connectivity index (χ2v) is 4.84. The summed E-state index contributed by atoms with van der Waals surface area (Å²) >= 11 is 0. The van der Waals surface area contributed by atoms with E-state index in [1.165, 1.54) is 29.2 Å². The Morgan fingerprint density at radius 3 is 2.45 bits per heavy atom. The molecule has 0 aromatic heterocycles. The van der Waals surface area contributed by atoms with Crippen molar-refractivity contribution in [2.45, 2.75) is 25.0 Å². The minimum absolute atomic E-state index is 0.108. The Balaban J connectivity index is 1.66. The summed E-state index contributed by atoms with van der Waals surface area (Å²) < 4.78 is 18.1. The molecular weight excluding hydrogens is 265 g/mol. The number of aliphatic hydroxyl groups excluding tert-OH is 2. The van der Waals surface area contributed by atoms with Gasteiger partial charge in [0.15, 0.2) is 0 Å². The molecule has 1 heterocycles. The van der Waals surface area contributed by atoms with Gasteiger partial charge in [-0.05, 0) is 30.7 Å². The molecule has 0 saturated carbocycles. The highest BCUT2D eigenvalue weighted by Gasteiger charge is 2.31. The van der Waals surface area contributed by atoms with Gasteiger partial charge in [-0.2, -0.15) is 0 Å². The number of rotatable bonds is 5. The van der Waals surface area contributed by atoms with Gasteiger partial charge < -0.3 is 19.8 Å². The first-order valence-electron chi connectivity index (χ1n) is 6.58. The second kappa shape index (κ2) is 6.67. The van der Waals surface area contributed by atoms with Gasteiger partial charge in [0.2, 0.25) is 5.91 Å². The third-order valence-electron chi connectivity index (χ3n) is 3.23. The lowest BCUT2D eigenvalue weighted by atomic mass is 10.3. The average Bonchev–Trinajstić information content (AvgIpc) is 2.77. The number of halogens is 1. The van der Waals surface area contributed by atoms with Crippen LogP contribution in [0.5, 0.6) is 5.75 Å². The van der Waals surface area contributed by atoms with E-state index in [0.717, 1.165) is 0 Å². The van der Waals surface area contributed by atoms with Gasteiger partial charge in [-0.1, -0.05) is 0 Å². The van der Waals surface area contributed by atoms with Crippen LogP contribution in [0.4, 0.5) is 4.39 Å². The number of amides is 1. The fourth-order valence-electron chi connectivity index (χ4n) is 2.08. The van der Waals surface area contributed by atoms with Crippen molar-refractivity contribution < 1.29 is 24.1 Å². The Hall–Kier alpha value is -1.66. The van der Waals surface area contributed by atoms with Gasteiger partial charge in [0.05, 0.1) is 18.8 Å². The molecule has 6 heteroatoms. The van der Waals surface area contributed by atoms with Crippen molar-refractivity contribution in [3.63, 3.8) is 0 Å². The molecule has 2 atom stereocenters. The Morgan fingerprint density at radius 1 is 1.25 bits per heavy atom. The van der Waals surface area contributed by atoms with Crippen molar-refractivity contribution in [3.8, 4) is 5.75 Å². The SMILES string of the molecule is O=C(CCCOc1ccc(F)cc1)N1C[C@@H](O)[C@@H](O)C1. The molecule has 2 rings (SSSR count). The van der Waals surface area contributed by atoms with E-state index < -0.39 is 12.2 Å². The number of ether oxygens (including phenoxy) is 1. The quantitative estimate of drug-likeness (QED) is 0.774. The molecule has 1 amide bonds. The summed E-state index contributed by atoms with van der Waals surface area (Å²) in [5.74, 6) is 0.132. The van der Waals surface area contributed by atoms with Crippen molar-refractivity contribution in [1.82, 2.24) is 4.90 Å². The van der Waals surface area contributed by atoms with Gasteiger partial charge in [-0.3, -0.25) is 4.79 Å². The molecule has 5 nitrogen and oxygen atoms in total. The number of carbonyl (C=O) groups is 1. The van der Waals surface area contributed by atoms with E-state index in [0.29, 0.717) is 25.2 Å². The summed E-state index contributed by atoms with van der Waals surface area (Å²) in [5.41, 5.74) is 0. The fraction of sp³-hybridized carbons (Fsp3) is 0.500. The fourth-order valence-corrected chi connectivity index (χ4v) is 2.08. The number of nitrogens with zero attached hydrogens (tertiary/aromatic N) is 1. The lowest BCUT2D eigenvalue weighted by Gasteiger charge is -2.15. The minimum atomic E-state index is -0.852. The van der Waals surface area contributed by atoms with E-state index in [2.05, 4.69) is 0 Å². The normalized spacial score (nSPS) is 22.1. The number of likely N-dealkylation sites (tertiary alicyclic amines) is 1. The van der Waals surface area contributed by atoms with Crippen LogP contribution in [0, 0.1) is 5.82 Å². The Morgan fingerprint density at radius 2 is 1.85 bits per heavy atom. The number of hydrogen-bond acceptors (Lipinski definition) is 4. The highest BCUT2D eigenvalue weighted by molar-refractivity contribution is 5.76. The van der Waals surface area contributed by atoms with Crippen LogP contribution in [0.1, 0.15) is 12.8 Å². The van der Waals surface area contributed by atoms with E-state index in [9.17, 15) is 19.4 Å². The first-order valence-corrected chi connectivity index (χ1v) is 6.58. The number of hydrogen-bond donors (Lipinski definition) is 2. The van der Waals surface area contributed by atoms with Crippen molar-refractivity contribution in [3.05, 3.63) is 30.1 Å². The minimum Gasteiger partial charge on any atom is -0.494 e. The molecule has 1 aromatic carbocycles. The van der Waals surface area contributed by atoms with E-state index in [-0.39, 0.29) is 24.8 Å². The van der Waals surface area contributed by atoms with Crippen LogP contribution >= 0.6 is 0 Å². The predicted octanol–water partition coefficient (Wildman–Crippen LogP) is 0.549. The molecule has 2 N–H and O–H groups in total. The van der Waals surface area contributed by atoms with Crippen LogP contribution in [-0.2, 0) is 4.79 Å². The molecule has 1 aliphatic rings. The van der Waals surface area contributed by atoms with Crippen LogP contribution in [0.15, 0.2) is 24.3 Å². The summed E-state index contributed by atoms with van der Waals surface area (Å²) in [5, 5.41) is 18.7. The zero-order chi connectivity index (χ0) is 14.5. The molecule has 0 radical (unpaired) electrons. The molecule has 0 unspecified atom stereocenters. The summed E-state index contributed by atoms with van der Waals surface area (Å²) in [6, 6.07) is 5.69. The molecule has 0 spiro atoms. The van der Waals surface area contributed by atoms with E-state index in [4.69, 9.17) is 4.74 Å². The van der Waals surface area contributed by atoms with Gasteiger partial charge >= 0.3 is 0 Å². The Labute approximate surface area is 116 Å². The molecule has 1 fully saturated rings. The molecule has 0 bridgehead atoms. The second-order valence-electron chi connectivity index (χ2n) is 4.84. The Bertz CT molecular complexity index is 441. The molecule has 20 heavy (non-hydrogen) atoms. The van der Waals surface area contributed by atoms with Crippen LogP contribution < -0.4 is 4.74 Å². The molecule has 0 aliphatic carbocycles. The number of carbonyl (C=O) groups excluding carboxylic acids is 1. The number of β-amino-alcohol motifs (C(OH)–C–C–N with tert-alkyl or cyclic N) is 2. The predicted molar refractivity (Wildman–Crippen MR) is 69.7 cm³/mol. The van der Waals surface area contributed by atoms with Crippen molar-refractivity contribution >= 4 is 5.91 Å². The number of aliphatic hydroxyl groups is 2. The smallest absolute Gasteiger partial charge is 0.222 e. The van der Waals surface area contributed by atoms with Crippen molar-refractivity contribution in [2.75, 3.05) is 19.7 Å². The van der Waals surface area contributed by atoms with E-state index in [1.807, 2.05) is 0 Å². The molecular formula is C14H18FNO4. The average molecular weight is 283 g/mol. The maximum atomic E-state index is 12.7. The van der Waals surface area contributed by atoms with Gasteiger partial charge in [0, 0.05) is 19.5 Å². The summed E-state index contributed by atoms with van der Waals surface area (Å²) in [6.07, 6.45) is -0.886. The Kier molecular flexibility index (Phi) is 4.92. The zero-order valence-corrected chi connectivity index (χ0v) is 11.0. The van der Waals surface area contributed by atoms with Crippen molar-refractivity contribution in [2.24, 2.45) is 0 Å². The first-order chi connectivity index (χ1) is 9.56. The van der Waals surface area contributed by atoms with Crippen LogP contribution in [0.2, 0.25) is 0 Å². The van der Waals surface area contributed by atoms with Gasteiger partial charge in [-0.15, -0.1) is 0 Å². The largest absolute Gasteiger partial charge is 0.494 e. The molecule has 110 valence electrons. The van der Waals surface area contributed by atoms with Gasteiger partial charge in [-0.25, -0.2) is 4.39 Å². The highest BCUT2D eigenvalue weighted by atomic mass is 19.1.